The lowest BCUT2D eigenvalue weighted by Gasteiger charge is -2.43. The largest absolute Gasteiger partial charge is 0.507 e. The summed E-state index contributed by atoms with van der Waals surface area (Å²) in [6, 6.07) is 3.42. The molecule has 1 heterocycles. The summed E-state index contributed by atoms with van der Waals surface area (Å²) < 4.78 is 22.8. The molecule has 1 aliphatic heterocycles. The molecule has 0 aromatic heterocycles. The van der Waals surface area contributed by atoms with Gasteiger partial charge in [0.05, 0.1) is 48.7 Å². The molecule has 1 fully saturated rings. The van der Waals surface area contributed by atoms with E-state index in [1.807, 2.05) is 0 Å². The second kappa shape index (κ2) is 25.3. The highest BCUT2D eigenvalue weighted by atomic mass is 16.7. The zero-order valence-electron chi connectivity index (χ0n) is 38.7. The van der Waals surface area contributed by atoms with Crippen molar-refractivity contribution in [1.82, 2.24) is 10.6 Å². The lowest BCUT2D eigenvalue weighted by atomic mass is 9.72. The first-order valence-electron chi connectivity index (χ1n) is 23.8. The van der Waals surface area contributed by atoms with Gasteiger partial charge in [-0.25, -0.2) is 4.79 Å². The van der Waals surface area contributed by atoms with Gasteiger partial charge in [0, 0.05) is 48.9 Å². The molecular weight excluding hydrogens is 853 g/mol. The van der Waals surface area contributed by atoms with Gasteiger partial charge in [-0.3, -0.25) is 19.2 Å². The molecule has 0 radical (unpaired) electrons. The van der Waals surface area contributed by atoms with E-state index >= 15 is 0 Å². The maximum Gasteiger partial charge on any atom is 0.407 e. The van der Waals surface area contributed by atoms with E-state index in [1.54, 1.807) is 6.92 Å². The Morgan fingerprint density at radius 2 is 1.53 bits per heavy atom. The summed E-state index contributed by atoms with van der Waals surface area (Å²) in [6.07, 6.45) is 14.8. The molecule has 16 heteroatoms. The quantitative estimate of drug-likeness (QED) is 0.0252. The van der Waals surface area contributed by atoms with Crippen molar-refractivity contribution in [2.24, 2.45) is 0 Å². The van der Waals surface area contributed by atoms with Crippen LogP contribution in [-0.4, -0.2) is 112 Å². The Labute approximate surface area is 387 Å². The Morgan fingerprint density at radius 3 is 2.20 bits per heavy atom. The minimum Gasteiger partial charge on any atom is -0.507 e. The Morgan fingerprint density at radius 1 is 0.879 bits per heavy atom. The third-order valence-electron chi connectivity index (χ3n) is 12.8. The first-order chi connectivity index (χ1) is 31.8. The maximum atomic E-state index is 14.0. The van der Waals surface area contributed by atoms with Crippen LogP contribution in [0.25, 0.3) is 0 Å². The van der Waals surface area contributed by atoms with E-state index in [0.717, 1.165) is 32.1 Å². The number of ketones is 3. The van der Waals surface area contributed by atoms with Crippen LogP contribution in [-0.2, 0) is 30.2 Å². The number of hydrogen-bond donors (Lipinski definition) is 7. The first-order valence-corrected chi connectivity index (χ1v) is 23.8. The number of aromatic hydroxyl groups is 2. The van der Waals surface area contributed by atoms with Crippen molar-refractivity contribution in [1.29, 1.82) is 0 Å². The lowest BCUT2D eigenvalue weighted by Crippen LogP contribution is -2.55. The number of amides is 2. The molecule has 364 valence electrons. The van der Waals surface area contributed by atoms with E-state index in [4.69, 9.17) is 18.9 Å². The van der Waals surface area contributed by atoms with Gasteiger partial charge in [0.25, 0.3) is 0 Å². The number of alkyl carbamates (subject to hydrolysis) is 1. The number of phenols is 2. The van der Waals surface area contributed by atoms with Gasteiger partial charge >= 0.3 is 6.09 Å². The number of aliphatic hydroxyl groups excluding tert-OH is 2. The number of aliphatic hydroxyl groups is 3. The molecule has 16 nitrogen and oxygen atoms in total. The van der Waals surface area contributed by atoms with Crippen LogP contribution in [0.3, 0.4) is 0 Å². The average molecular weight is 923 g/mol. The smallest absolute Gasteiger partial charge is 0.407 e. The first kappa shape index (κ1) is 52.1. The molecule has 2 aromatic rings. The third-order valence-corrected chi connectivity index (χ3v) is 12.8. The van der Waals surface area contributed by atoms with E-state index in [1.165, 1.54) is 83.1 Å². The number of carbonyl (C=O) groups excluding carboxylic acids is 5. The van der Waals surface area contributed by atoms with Crippen molar-refractivity contribution in [3.63, 3.8) is 0 Å². The molecule has 5 rings (SSSR count). The van der Waals surface area contributed by atoms with Crippen molar-refractivity contribution in [3.05, 3.63) is 63.7 Å². The molecule has 2 aliphatic carbocycles. The molecule has 6 atom stereocenters. The average Bonchev–Trinajstić information content (AvgIpc) is 3.30. The van der Waals surface area contributed by atoms with Gasteiger partial charge in [0.2, 0.25) is 11.7 Å². The minimum atomic E-state index is -2.34. The van der Waals surface area contributed by atoms with Crippen molar-refractivity contribution >= 4 is 29.4 Å². The Hall–Kier alpha value is -4.87. The fourth-order valence-electron chi connectivity index (χ4n) is 9.14. The zero-order chi connectivity index (χ0) is 47.8. The molecule has 6 unspecified atom stereocenters. The van der Waals surface area contributed by atoms with Crippen molar-refractivity contribution in [3.8, 4) is 17.2 Å². The van der Waals surface area contributed by atoms with Crippen molar-refractivity contribution < 1.29 is 68.5 Å². The summed E-state index contributed by atoms with van der Waals surface area (Å²) in [6.45, 7) is 3.20. The van der Waals surface area contributed by atoms with Crippen LogP contribution in [0, 0.1) is 0 Å². The number of unbranched alkanes of at least 4 members (excludes halogenated alkanes) is 12. The van der Waals surface area contributed by atoms with Crippen molar-refractivity contribution in [2.75, 3.05) is 26.9 Å². The number of ether oxygens (including phenoxy) is 4. The van der Waals surface area contributed by atoms with Gasteiger partial charge in [-0.15, -0.1) is 0 Å². The highest BCUT2D eigenvalue weighted by molar-refractivity contribution is 6.31. The monoisotopic (exact) mass is 922 g/mol. The highest BCUT2D eigenvalue weighted by Crippen LogP contribution is 2.52. The van der Waals surface area contributed by atoms with Crippen LogP contribution in [0.1, 0.15) is 178 Å². The van der Waals surface area contributed by atoms with Gasteiger partial charge < -0.3 is 55.1 Å². The lowest BCUT2D eigenvalue weighted by molar-refractivity contribution is -0.249. The molecule has 7 N–H and O–H groups in total. The Bertz CT molecular complexity index is 2040. The molecular formula is C50H70N2O14. The number of carbonyl (C=O) groups is 5. The molecule has 2 aromatic carbocycles. The number of benzene rings is 2. The number of nitrogens with one attached hydrogen (secondary N) is 2. The predicted molar refractivity (Wildman–Crippen MR) is 244 cm³/mol. The second-order valence-electron chi connectivity index (χ2n) is 17.8. The number of Topliss-reactive ketones (excluding diaryl/α,β-unsaturated/α-hetero) is 1. The van der Waals surface area contributed by atoms with E-state index in [-0.39, 0.29) is 53.8 Å². The summed E-state index contributed by atoms with van der Waals surface area (Å²) in [5.41, 5.74) is -4.03. The van der Waals surface area contributed by atoms with E-state index in [9.17, 15) is 49.5 Å². The number of fused-ring (bicyclic) bond motifs is 3. The topological polar surface area (TPSA) is 247 Å². The number of phenolic OH excluding ortho intramolecular Hbond substituents is 2. The van der Waals surface area contributed by atoms with Crippen LogP contribution >= 0.6 is 0 Å². The molecule has 1 saturated heterocycles. The van der Waals surface area contributed by atoms with Crippen LogP contribution in [0.2, 0.25) is 0 Å². The van der Waals surface area contributed by atoms with Gasteiger partial charge in [-0.1, -0.05) is 89.0 Å². The molecule has 0 bridgehead atoms. The van der Waals surface area contributed by atoms with Crippen LogP contribution in [0.5, 0.6) is 17.2 Å². The molecule has 66 heavy (non-hydrogen) atoms. The molecule has 0 spiro atoms. The van der Waals surface area contributed by atoms with Crippen LogP contribution in [0.4, 0.5) is 4.79 Å². The van der Waals surface area contributed by atoms with Gasteiger partial charge in [0.15, 0.2) is 17.9 Å². The van der Waals surface area contributed by atoms with Gasteiger partial charge in [-0.2, -0.15) is 0 Å². The third kappa shape index (κ3) is 13.2. The predicted octanol–water partition coefficient (Wildman–Crippen LogP) is 6.70. The summed E-state index contributed by atoms with van der Waals surface area (Å²) in [5.74, 6) is -4.48. The van der Waals surface area contributed by atoms with E-state index in [0.29, 0.717) is 6.61 Å². The number of hydrogen-bond acceptors (Lipinski definition) is 14. The van der Waals surface area contributed by atoms with Crippen LogP contribution in [0.15, 0.2) is 30.4 Å². The summed E-state index contributed by atoms with van der Waals surface area (Å²) in [5, 5.41) is 61.2. The second-order valence-corrected chi connectivity index (χ2v) is 17.8. The van der Waals surface area contributed by atoms with Crippen molar-refractivity contribution in [2.45, 2.75) is 172 Å². The minimum absolute atomic E-state index is 0.00437. The molecule has 0 saturated carbocycles. The molecule has 3 aliphatic rings. The van der Waals surface area contributed by atoms with E-state index < -0.39 is 108 Å². The maximum absolute atomic E-state index is 14.0. The van der Waals surface area contributed by atoms with Crippen LogP contribution < -0.4 is 15.4 Å². The normalized spacial score (nSPS) is 22.4. The molecule has 2 amide bonds. The van der Waals surface area contributed by atoms with Gasteiger partial charge in [0.1, 0.15) is 35.6 Å². The fraction of sp³-hybridized carbons (Fsp3) is 0.620. The Kier molecular flexibility index (Phi) is 20.0. The standard InChI is InChI=1S/C50H70N2O14/c1-4-5-6-7-8-9-10-11-12-13-14-15-16-17-18-19-26-64-49(61)51-25-21-24-38(55)52-34-27-39(65-31(2)44(34)56)66-36-29-50(62,37(54)30-53)28-33-41(36)48(60)43-42(46(33)58)45(57)32-22-20-23-35(63-3)40(32)47(43)59/h11-12,20,22-23,31,34,36,39,44,53,56,58,60,62H,4-10,13-19,21,24-30H2,1-3H3,(H,51,61)(H,52,55). The summed E-state index contributed by atoms with van der Waals surface area (Å²) in [4.78, 5) is 66.0. The summed E-state index contributed by atoms with van der Waals surface area (Å²) >= 11 is 0. The SMILES string of the molecule is CCCCCCCCC=CCCCCCCCCOC(=O)NCCCC(=O)NC1CC(OC2CC(O)(C(=O)CO)Cc3c(O)c4c(c(O)c32)C(=O)c2c(OC)cccc2C4=O)OC(C)C1O. The highest BCUT2D eigenvalue weighted by Gasteiger charge is 2.50. The number of methoxy groups -OCH3 is 1. The fourth-order valence-corrected chi connectivity index (χ4v) is 9.14. The van der Waals surface area contributed by atoms with E-state index in [2.05, 4.69) is 29.7 Å². The number of rotatable bonds is 26. The Balaban J connectivity index is 1.08. The zero-order valence-corrected chi connectivity index (χ0v) is 38.7. The number of allylic oxidation sites excluding steroid dienone is 2. The summed E-state index contributed by atoms with van der Waals surface area (Å²) in [7, 11) is 1.31. The van der Waals surface area contributed by atoms with Gasteiger partial charge in [-0.05, 0) is 51.5 Å².